The molecule has 1 fully saturated rings. The molecule has 10 heteroatoms. The molecule has 1 aliphatic rings. The molecular formula is C28H30FN3O6. The van der Waals surface area contributed by atoms with E-state index in [0.29, 0.717) is 24.7 Å². The molecule has 0 bridgehead atoms. The molecule has 9 nitrogen and oxygen atoms in total. The number of Topliss-reactive ketones (excluding diaryl/α,β-unsaturated/α-hetero) is 1. The molecule has 2 heterocycles. The first kappa shape index (κ1) is 27.3. The molecule has 1 amide bonds. The highest BCUT2D eigenvalue weighted by Crippen LogP contribution is 2.26. The molecule has 3 aromatic rings. The first-order chi connectivity index (χ1) is 18.4. The van der Waals surface area contributed by atoms with Gasteiger partial charge in [-0.25, -0.2) is 14.4 Å². The van der Waals surface area contributed by atoms with Crippen molar-refractivity contribution < 1.29 is 32.9 Å². The molecule has 4 rings (SSSR count). The molecule has 1 aliphatic heterocycles. The number of hydrogen-bond donors (Lipinski definition) is 1. The Morgan fingerprint density at radius 2 is 1.76 bits per heavy atom. The number of nitrogens with zero attached hydrogens (tertiary/aromatic N) is 2. The van der Waals surface area contributed by atoms with E-state index in [-0.39, 0.29) is 55.1 Å². The largest absolute Gasteiger partial charge is 0.485 e. The second-order valence-corrected chi connectivity index (χ2v) is 8.88. The monoisotopic (exact) mass is 523 g/mol. The van der Waals surface area contributed by atoms with Crippen molar-refractivity contribution in [2.75, 3.05) is 33.5 Å². The number of rotatable bonds is 11. The van der Waals surface area contributed by atoms with Crippen LogP contribution in [-0.2, 0) is 32.0 Å². The lowest BCUT2D eigenvalue weighted by molar-refractivity contribution is -0.186. The molecule has 0 atom stereocenters. The van der Waals surface area contributed by atoms with Crippen molar-refractivity contribution in [3.63, 3.8) is 0 Å². The van der Waals surface area contributed by atoms with Gasteiger partial charge in [-0.15, -0.1) is 0 Å². The Morgan fingerprint density at radius 1 is 1.05 bits per heavy atom. The van der Waals surface area contributed by atoms with Gasteiger partial charge in [0.2, 0.25) is 0 Å². The van der Waals surface area contributed by atoms with Crippen molar-refractivity contribution in [2.45, 2.75) is 32.2 Å². The smallest absolute Gasteiger partial charge is 0.274 e. The quantitative estimate of drug-likeness (QED) is 0.408. The Hall–Kier alpha value is -3.73. The van der Waals surface area contributed by atoms with Gasteiger partial charge in [-0.2, -0.15) is 0 Å². The van der Waals surface area contributed by atoms with E-state index in [1.807, 2.05) is 30.3 Å². The van der Waals surface area contributed by atoms with Gasteiger partial charge in [-0.1, -0.05) is 42.5 Å². The Balaban J connectivity index is 1.47. The lowest BCUT2D eigenvalue weighted by Gasteiger charge is -2.29. The summed E-state index contributed by atoms with van der Waals surface area (Å²) in [5.74, 6) is -0.584. The number of amides is 1. The van der Waals surface area contributed by atoms with E-state index in [9.17, 15) is 14.0 Å². The predicted octanol–water partition coefficient (Wildman–Crippen LogP) is 3.15. The molecule has 1 saturated heterocycles. The first-order valence-corrected chi connectivity index (χ1v) is 12.2. The zero-order valence-corrected chi connectivity index (χ0v) is 21.3. The van der Waals surface area contributed by atoms with Crippen molar-refractivity contribution in [3.8, 4) is 5.75 Å². The molecule has 1 N–H and O–H groups in total. The van der Waals surface area contributed by atoms with Gasteiger partial charge in [0.05, 0.1) is 31.9 Å². The fourth-order valence-electron chi connectivity index (χ4n) is 3.98. The average Bonchev–Trinajstić information content (AvgIpc) is 2.92. The van der Waals surface area contributed by atoms with Crippen molar-refractivity contribution >= 4 is 11.7 Å². The number of ketones is 1. The third-order valence-electron chi connectivity index (χ3n) is 5.93. The van der Waals surface area contributed by atoms with E-state index in [1.165, 1.54) is 19.2 Å². The summed E-state index contributed by atoms with van der Waals surface area (Å²) >= 11 is 0. The summed E-state index contributed by atoms with van der Waals surface area (Å²) in [4.78, 5) is 33.9. The molecule has 0 unspecified atom stereocenters. The third-order valence-corrected chi connectivity index (χ3v) is 5.93. The van der Waals surface area contributed by atoms with Gasteiger partial charge in [0.25, 0.3) is 5.91 Å². The second-order valence-electron chi connectivity index (χ2n) is 8.88. The predicted molar refractivity (Wildman–Crippen MR) is 135 cm³/mol. The summed E-state index contributed by atoms with van der Waals surface area (Å²) in [5.41, 5.74) is 2.34. The first-order valence-electron chi connectivity index (χ1n) is 12.2. The maximum Gasteiger partial charge on any atom is 0.274 e. The highest BCUT2D eigenvalue weighted by atomic mass is 19.1. The van der Waals surface area contributed by atoms with Crippen LogP contribution in [0.4, 0.5) is 4.39 Å². The molecular weight excluding hydrogens is 493 g/mol. The minimum atomic E-state index is -0.610. The van der Waals surface area contributed by atoms with E-state index in [1.54, 1.807) is 19.1 Å². The molecule has 200 valence electrons. The zero-order chi connectivity index (χ0) is 26.9. The van der Waals surface area contributed by atoms with Crippen LogP contribution >= 0.6 is 0 Å². The van der Waals surface area contributed by atoms with Crippen LogP contribution in [0.2, 0.25) is 0 Å². The maximum atomic E-state index is 13.2. The number of benzene rings is 2. The molecule has 38 heavy (non-hydrogen) atoms. The van der Waals surface area contributed by atoms with Gasteiger partial charge in [0.1, 0.15) is 24.9 Å². The number of carbonyl (C=O) groups is 2. The number of ether oxygens (including phenoxy) is 4. The average molecular weight is 524 g/mol. The van der Waals surface area contributed by atoms with Crippen LogP contribution < -0.4 is 10.1 Å². The van der Waals surface area contributed by atoms with Crippen LogP contribution in [0, 0.1) is 12.7 Å². The van der Waals surface area contributed by atoms with Gasteiger partial charge in [0, 0.05) is 13.0 Å². The highest BCUT2D eigenvalue weighted by molar-refractivity contribution is 5.97. The molecule has 0 aliphatic carbocycles. The number of carbonyl (C=O) groups excluding carboxylic acids is 2. The lowest BCUT2D eigenvalue weighted by Crippen LogP contribution is -2.34. The number of aryl methyl sites for hydroxylation is 1. The van der Waals surface area contributed by atoms with E-state index in [4.69, 9.17) is 18.9 Å². The van der Waals surface area contributed by atoms with Crippen LogP contribution in [0.3, 0.4) is 0 Å². The summed E-state index contributed by atoms with van der Waals surface area (Å²) in [6.07, 6.45) is -0.403. The van der Waals surface area contributed by atoms with E-state index in [2.05, 4.69) is 15.3 Å². The summed E-state index contributed by atoms with van der Waals surface area (Å²) in [6, 6.07) is 15.8. The van der Waals surface area contributed by atoms with Crippen LogP contribution in [-0.4, -0.2) is 61.4 Å². The number of methoxy groups -OCH3 is 1. The minimum absolute atomic E-state index is 0.0192. The summed E-state index contributed by atoms with van der Waals surface area (Å²) in [7, 11) is 1.41. The minimum Gasteiger partial charge on any atom is -0.485 e. The van der Waals surface area contributed by atoms with Gasteiger partial charge in [-0.05, 0) is 30.2 Å². The second kappa shape index (κ2) is 13.2. The lowest BCUT2D eigenvalue weighted by atomic mass is 10.0. The van der Waals surface area contributed by atoms with E-state index < -0.39 is 12.2 Å². The van der Waals surface area contributed by atoms with Crippen LogP contribution in [0.25, 0.3) is 0 Å². The third kappa shape index (κ3) is 7.41. The molecule has 0 saturated carbocycles. The van der Waals surface area contributed by atoms with Crippen LogP contribution in [0.5, 0.6) is 5.75 Å². The van der Waals surface area contributed by atoms with Crippen molar-refractivity contribution in [1.29, 1.82) is 0 Å². The SMILES string of the molecule is COCC(=O)CNC(=O)c1nc(CC2OCC(c3ccc(F)cc3)CO2)nc(C)c1OCc1ccccc1. The summed E-state index contributed by atoms with van der Waals surface area (Å²) < 4.78 is 35.8. The Labute approximate surface area is 220 Å². The van der Waals surface area contributed by atoms with Crippen molar-refractivity contribution in [3.05, 3.63) is 88.8 Å². The molecule has 0 spiro atoms. The fraction of sp³-hybridized carbons (Fsp3) is 0.357. The molecule has 2 aromatic carbocycles. The Bertz CT molecular complexity index is 1230. The number of nitrogens with one attached hydrogen (secondary N) is 1. The Morgan fingerprint density at radius 3 is 2.45 bits per heavy atom. The highest BCUT2D eigenvalue weighted by Gasteiger charge is 2.27. The fourth-order valence-corrected chi connectivity index (χ4v) is 3.98. The number of halogens is 1. The van der Waals surface area contributed by atoms with Gasteiger partial charge in [0.15, 0.2) is 23.5 Å². The number of hydrogen-bond acceptors (Lipinski definition) is 8. The van der Waals surface area contributed by atoms with Crippen molar-refractivity contribution in [1.82, 2.24) is 15.3 Å². The van der Waals surface area contributed by atoms with Crippen molar-refractivity contribution in [2.24, 2.45) is 0 Å². The van der Waals surface area contributed by atoms with Gasteiger partial charge < -0.3 is 24.3 Å². The van der Waals surface area contributed by atoms with E-state index in [0.717, 1.165) is 11.1 Å². The van der Waals surface area contributed by atoms with Crippen LogP contribution in [0.15, 0.2) is 54.6 Å². The standard InChI is InChI=1S/C28H30FN3O6/c1-18-27(38-14-19-6-4-3-5-7-19)26(28(34)30-13-23(33)17-35-2)32-24(31-18)12-25-36-15-21(16-37-25)20-8-10-22(29)11-9-20/h3-11,21,25H,12-17H2,1-2H3,(H,30,34). The zero-order valence-electron chi connectivity index (χ0n) is 21.3. The molecule has 1 aromatic heterocycles. The topological polar surface area (TPSA) is 109 Å². The summed E-state index contributed by atoms with van der Waals surface area (Å²) in [6.45, 7) is 2.41. The van der Waals surface area contributed by atoms with E-state index >= 15 is 0 Å². The maximum absolute atomic E-state index is 13.2. The van der Waals surface area contributed by atoms with Gasteiger partial charge >= 0.3 is 0 Å². The summed E-state index contributed by atoms with van der Waals surface area (Å²) in [5, 5.41) is 2.58. The molecule has 0 radical (unpaired) electrons. The normalized spacial score (nSPS) is 17.1. The Kier molecular flexibility index (Phi) is 9.47. The number of aromatic nitrogens is 2. The van der Waals surface area contributed by atoms with Gasteiger partial charge in [-0.3, -0.25) is 9.59 Å². The van der Waals surface area contributed by atoms with Crippen LogP contribution in [0.1, 0.15) is 39.1 Å².